The van der Waals surface area contributed by atoms with E-state index in [0.29, 0.717) is 26.3 Å². The number of carbonyl (C=O) groups is 1. The molecule has 6 nitrogen and oxygen atoms in total. The Hall–Kier alpha value is -1.53. The molecule has 3 heterocycles. The number of likely N-dealkylation sites (tertiary alicyclic amines) is 1. The molecule has 1 N–H and O–H groups in total. The average molecular weight is 279 g/mol. The molecular formula is C14H21N3O3. The Bertz CT molecular complexity index is 441. The number of urea groups is 1. The molecule has 2 aliphatic rings. The number of nitrogens with zero attached hydrogens (tertiary/aromatic N) is 2. The van der Waals surface area contributed by atoms with Gasteiger partial charge in [0.05, 0.1) is 19.8 Å². The van der Waals surface area contributed by atoms with Crippen LogP contribution in [0.4, 0.5) is 4.79 Å². The molecule has 2 fully saturated rings. The molecule has 0 aromatic carbocycles. The molecule has 0 bridgehead atoms. The quantitative estimate of drug-likeness (QED) is 0.899. The Morgan fingerprint density at radius 3 is 2.75 bits per heavy atom. The second kappa shape index (κ2) is 5.85. The smallest absolute Gasteiger partial charge is 0.317 e. The number of amides is 2. The largest absolute Gasteiger partial charge is 0.353 e. The van der Waals surface area contributed by atoms with Crippen LogP contribution in [0.5, 0.6) is 0 Å². The summed E-state index contributed by atoms with van der Waals surface area (Å²) in [4.78, 5) is 14.0. The molecule has 2 saturated heterocycles. The van der Waals surface area contributed by atoms with Crippen molar-refractivity contribution in [2.75, 3.05) is 32.8 Å². The number of rotatable bonds is 3. The zero-order chi connectivity index (χ0) is 13.8. The van der Waals surface area contributed by atoms with Gasteiger partial charge in [-0.2, -0.15) is 0 Å². The summed E-state index contributed by atoms with van der Waals surface area (Å²) in [7, 11) is 0. The van der Waals surface area contributed by atoms with Crippen LogP contribution in [0.2, 0.25) is 0 Å². The van der Waals surface area contributed by atoms with Crippen LogP contribution in [0.25, 0.3) is 0 Å². The number of piperidine rings is 1. The van der Waals surface area contributed by atoms with Gasteiger partial charge in [-0.05, 0) is 18.6 Å². The summed E-state index contributed by atoms with van der Waals surface area (Å²) in [5.74, 6) is -0.546. The van der Waals surface area contributed by atoms with Crippen LogP contribution in [0.1, 0.15) is 12.8 Å². The van der Waals surface area contributed by atoms with Crippen LogP contribution in [0, 0.1) is 0 Å². The summed E-state index contributed by atoms with van der Waals surface area (Å²) < 4.78 is 13.4. The van der Waals surface area contributed by atoms with Gasteiger partial charge < -0.3 is 24.3 Å². The van der Waals surface area contributed by atoms with Crippen LogP contribution >= 0.6 is 0 Å². The molecule has 6 heteroatoms. The molecule has 1 aromatic heterocycles. The van der Waals surface area contributed by atoms with E-state index in [0.717, 1.165) is 25.9 Å². The van der Waals surface area contributed by atoms with Crippen LogP contribution in [0.3, 0.4) is 0 Å². The van der Waals surface area contributed by atoms with Crippen LogP contribution in [-0.4, -0.2) is 54.1 Å². The number of aromatic nitrogens is 1. The summed E-state index contributed by atoms with van der Waals surface area (Å²) in [6.07, 6.45) is 5.77. The van der Waals surface area contributed by atoms with E-state index in [2.05, 4.69) is 5.32 Å². The van der Waals surface area contributed by atoms with E-state index >= 15 is 0 Å². The van der Waals surface area contributed by atoms with Gasteiger partial charge in [-0.3, -0.25) is 0 Å². The van der Waals surface area contributed by atoms with Crippen molar-refractivity contribution >= 4 is 6.03 Å². The van der Waals surface area contributed by atoms with E-state index in [1.807, 2.05) is 29.1 Å². The van der Waals surface area contributed by atoms with Gasteiger partial charge in [-0.1, -0.05) is 0 Å². The fourth-order valence-electron chi connectivity index (χ4n) is 2.82. The maximum absolute atomic E-state index is 12.2. The van der Waals surface area contributed by atoms with Crippen molar-refractivity contribution in [2.24, 2.45) is 0 Å². The minimum atomic E-state index is -0.546. The summed E-state index contributed by atoms with van der Waals surface area (Å²) in [6.45, 7) is 3.96. The molecule has 0 aliphatic carbocycles. The summed E-state index contributed by atoms with van der Waals surface area (Å²) in [6, 6.07) is 3.92. The van der Waals surface area contributed by atoms with Crippen LogP contribution in [-0.2, 0) is 16.0 Å². The lowest BCUT2D eigenvalue weighted by atomic mass is 10.1. The highest BCUT2D eigenvalue weighted by atomic mass is 16.7. The molecule has 2 aliphatic heterocycles. The van der Waals surface area contributed by atoms with Gasteiger partial charge in [0.15, 0.2) is 5.79 Å². The molecule has 3 rings (SSSR count). The van der Waals surface area contributed by atoms with Gasteiger partial charge in [-0.25, -0.2) is 4.79 Å². The molecule has 110 valence electrons. The van der Waals surface area contributed by atoms with Gasteiger partial charge in [0, 0.05) is 38.4 Å². The lowest BCUT2D eigenvalue weighted by molar-refractivity contribution is -0.182. The lowest BCUT2D eigenvalue weighted by Gasteiger charge is -2.38. The predicted octanol–water partition coefficient (Wildman–Crippen LogP) is 1.04. The van der Waals surface area contributed by atoms with Crippen molar-refractivity contribution in [1.82, 2.24) is 14.8 Å². The Balaban J connectivity index is 1.47. The molecule has 0 radical (unpaired) electrons. The molecule has 0 atom stereocenters. The van der Waals surface area contributed by atoms with Crippen molar-refractivity contribution in [3.05, 3.63) is 24.5 Å². The minimum Gasteiger partial charge on any atom is -0.353 e. The van der Waals surface area contributed by atoms with Crippen molar-refractivity contribution in [2.45, 2.75) is 25.2 Å². The van der Waals surface area contributed by atoms with Crippen molar-refractivity contribution in [1.29, 1.82) is 0 Å². The van der Waals surface area contributed by atoms with Gasteiger partial charge in [0.1, 0.15) is 0 Å². The Labute approximate surface area is 118 Å². The third-order valence-corrected chi connectivity index (χ3v) is 3.83. The lowest BCUT2D eigenvalue weighted by Crippen LogP contribution is -2.53. The normalized spacial score (nSPS) is 21.3. The summed E-state index contributed by atoms with van der Waals surface area (Å²) >= 11 is 0. The highest BCUT2D eigenvalue weighted by Gasteiger charge is 2.41. The van der Waals surface area contributed by atoms with Gasteiger partial charge in [0.25, 0.3) is 0 Å². The van der Waals surface area contributed by atoms with E-state index in [-0.39, 0.29) is 6.03 Å². The van der Waals surface area contributed by atoms with Gasteiger partial charge in [-0.15, -0.1) is 0 Å². The Kier molecular flexibility index (Phi) is 3.93. The Morgan fingerprint density at radius 2 is 2.00 bits per heavy atom. The van der Waals surface area contributed by atoms with E-state index < -0.39 is 5.79 Å². The number of carbonyl (C=O) groups excluding carboxylic acids is 1. The summed E-state index contributed by atoms with van der Waals surface area (Å²) in [5.41, 5.74) is 0. The first-order valence-electron chi connectivity index (χ1n) is 7.19. The topological polar surface area (TPSA) is 55.7 Å². The molecule has 20 heavy (non-hydrogen) atoms. The number of ether oxygens (including phenoxy) is 2. The fraction of sp³-hybridized carbons (Fsp3) is 0.643. The summed E-state index contributed by atoms with van der Waals surface area (Å²) in [5, 5.41) is 2.95. The first-order valence-corrected chi connectivity index (χ1v) is 7.19. The maximum atomic E-state index is 12.2. The van der Waals surface area contributed by atoms with Crippen molar-refractivity contribution < 1.29 is 14.3 Å². The molecular weight excluding hydrogens is 258 g/mol. The van der Waals surface area contributed by atoms with E-state index in [1.54, 1.807) is 4.90 Å². The number of hydrogen-bond donors (Lipinski definition) is 1. The zero-order valence-electron chi connectivity index (χ0n) is 11.6. The van der Waals surface area contributed by atoms with Crippen molar-refractivity contribution in [3.8, 4) is 0 Å². The standard InChI is InChI=1S/C14H21N3O3/c18-13(15-5-9-16-6-1-2-7-16)17-8-3-4-14(12-17)19-10-11-20-14/h1-2,6-7H,3-5,8-12H2,(H,15,18). The molecule has 2 amide bonds. The van der Waals surface area contributed by atoms with E-state index in [1.165, 1.54) is 0 Å². The number of hydrogen-bond acceptors (Lipinski definition) is 3. The molecule has 0 unspecified atom stereocenters. The monoisotopic (exact) mass is 279 g/mol. The SMILES string of the molecule is O=C(NCCn1cccc1)N1CCCC2(C1)OCCO2. The first kappa shape index (κ1) is 13.5. The molecule has 1 spiro atoms. The highest BCUT2D eigenvalue weighted by molar-refractivity contribution is 5.74. The van der Waals surface area contributed by atoms with E-state index in [4.69, 9.17) is 9.47 Å². The van der Waals surface area contributed by atoms with Gasteiger partial charge >= 0.3 is 6.03 Å². The minimum absolute atomic E-state index is 0.0321. The third kappa shape index (κ3) is 2.96. The fourth-order valence-corrected chi connectivity index (χ4v) is 2.82. The van der Waals surface area contributed by atoms with Crippen LogP contribution in [0.15, 0.2) is 24.5 Å². The van der Waals surface area contributed by atoms with Gasteiger partial charge in [0.2, 0.25) is 0 Å². The maximum Gasteiger partial charge on any atom is 0.317 e. The zero-order valence-corrected chi connectivity index (χ0v) is 11.6. The highest BCUT2D eigenvalue weighted by Crippen LogP contribution is 2.29. The molecule has 0 saturated carbocycles. The predicted molar refractivity (Wildman–Crippen MR) is 73.3 cm³/mol. The number of nitrogens with one attached hydrogen (secondary N) is 1. The average Bonchev–Trinajstić information content (AvgIpc) is 3.11. The molecule has 1 aromatic rings. The second-order valence-electron chi connectivity index (χ2n) is 5.29. The van der Waals surface area contributed by atoms with Crippen LogP contribution < -0.4 is 5.32 Å². The Morgan fingerprint density at radius 1 is 1.25 bits per heavy atom. The second-order valence-corrected chi connectivity index (χ2v) is 5.29. The van der Waals surface area contributed by atoms with Crippen molar-refractivity contribution in [3.63, 3.8) is 0 Å². The van der Waals surface area contributed by atoms with E-state index in [9.17, 15) is 4.79 Å². The third-order valence-electron chi connectivity index (χ3n) is 3.83. The first-order chi connectivity index (χ1) is 9.77.